The van der Waals surface area contributed by atoms with Gasteiger partial charge in [0.15, 0.2) is 4.90 Å². The van der Waals surface area contributed by atoms with E-state index in [1.54, 1.807) is 7.05 Å². The minimum absolute atomic E-state index is 0. The largest absolute Gasteiger partial charge is 0.354 e. The molecule has 1 rings (SSSR count). The number of sulfonamides is 1. The fourth-order valence-corrected chi connectivity index (χ4v) is 2.73. The topological polar surface area (TPSA) is 130 Å². The van der Waals surface area contributed by atoms with Crippen molar-refractivity contribution < 1.29 is 18.1 Å². The minimum Gasteiger partial charge on any atom is -0.354 e. The molecular formula is C11H17ClN4O5S. The number of amides is 1. The van der Waals surface area contributed by atoms with Gasteiger partial charge in [-0.15, -0.1) is 12.4 Å². The smallest absolute Gasteiger partial charge is 0.289 e. The van der Waals surface area contributed by atoms with Crippen LogP contribution in [-0.2, 0) is 14.8 Å². The Morgan fingerprint density at radius 3 is 2.50 bits per heavy atom. The number of benzene rings is 1. The lowest BCUT2D eigenvalue weighted by Gasteiger charge is -2.08. The first-order chi connectivity index (χ1) is 9.88. The van der Waals surface area contributed by atoms with E-state index in [9.17, 15) is 23.3 Å². The molecule has 1 amide bonds. The van der Waals surface area contributed by atoms with E-state index in [1.807, 2.05) is 0 Å². The number of hydrogen-bond donors (Lipinski definition) is 3. The molecular weight excluding hydrogens is 336 g/mol. The van der Waals surface area contributed by atoms with Gasteiger partial charge in [-0.3, -0.25) is 14.9 Å². The Kier molecular flexibility index (Phi) is 8.56. The highest BCUT2D eigenvalue weighted by Crippen LogP contribution is 2.22. The first kappa shape index (κ1) is 20.2. The Hall–Kier alpha value is -1.75. The van der Waals surface area contributed by atoms with E-state index in [0.717, 1.165) is 12.1 Å². The van der Waals surface area contributed by atoms with Gasteiger partial charge in [-0.05, 0) is 13.1 Å². The number of nitro groups is 1. The molecule has 0 saturated carbocycles. The lowest BCUT2D eigenvalue weighted by atomic mass is 10.3. The van der Waals surface area contributed by atoms with Crippen LogP contribution in [0.3, 0.4) is 0 Å². The van der Waals surface area contributed by atoms with Crippen LogP contribution < -0.4 is 15.4 Å². The number of likely N-dealkylation sites (N-methyl/N-ethyl adjacent to an activating group) is 1. The summed E-state index contributed by atoms with van der Waals surface area (Å²) in [6.07, 6.45) is 0. The molecule has 3 N–H and O–H groups in total. The van der Waals surface area contributed by atoms with Gasteiger partial charge in [0, 0.05) is 19.2 Å². The van der Waals surface area contributed by atoms with Gasteiger partial charge >= 0.3 is 0 Å². The highest BCUT2D eigenvalue weighted by Gasteiger charge is 2.24. The molecule has 22 heavy (non-hydrogen) atoms. The fourth-order valence-electron chi connectivity index (χ4n) is 1.52. The van der Waals surface area contributed by atoms with Gasteiger partial charge in [0.25, 0.3) is 5.69 Å². The highest BCUT2D eigenvalue weighted by atomic mass is 35.5. The molecule has 0 radical (unpaired) electrons. The van der Waals surface area contributed by atoms with Crippen LogP contribution in [0.2, 0.25) is 0 Å². The Labute approximate surface area is 134 Å². The van der Waals surface area contributed by atoms with Gasteiger partial charge in [-0.1, -0.05) is 12.1 Å². The number of halogens is 1. The molecule has 0 fully saturated rings. The average molecular weight is 353 g/mol. The van der Waals surface area contributed by atoms with E-state index < -0.39 is 25.5 Å². The molecule has 1 aromatic carbocycles. The summed E-state index contributed by atoms with van der Waals surface area (Å²) in [6, 6.07) is 5.05. The van der Waals surface area contributed by atoms with Crippen LogP contribution >= 0.6 is 12.4 Å². The lowest BCUT2D eigenvalue weighted by Crippen LogP contribution is -2.38. The predicted octanol–water partition coefficient (Wildman–Crippen LogP) is -0.369. The van der Waals surface area contributed by atoms with Crippen molar-refractivity contribution in [3.8, 4) is 0 Å². The summed E-state index contributed by atoms with van der Waals surface area (Å²) >= 11 is 0. The molecule has 0 unspecified atom stereocenters. The molecule has 0 saturated heterocycles. The second-order valence-electron chi connectivity index (χ2n) is 4.00. The van der Waals surface area contributed by atoms with E-state index in [1.165, 1.54) is 12.1 Å². The summed E-state index contributed by atoms with van der Waals surface area (Å²) in [4.78, 5) is 20.8. The zero-order valence-corrected chi connectivity index (χ0v) is 13.4. The number of nitro benzene ring substituents is 1. The van der Waals surface area contributed by atoms with E-state index in [0.29, 0.717) is 0 Å². The monoisotopic (exact) mass is 352 g/mol. The molecule has 11 heteroatoms. The summed E-state index contributed by atoms with van der Waals surface area (Å²) < 4.78 is 26.2. The van der Waals surface area contributed by atoms with Crippen LogP contribution in [0.5, 0.6) is 0 Å². The molecule has 9 nitrogen and oxygen atoms in total. The molecule has 124 valence electrons. The molecule has 0 aliphatic heterocycles. The van der Waals surface area contributed by atoms with Crippen molar-refractivity contribution in [2.75, 3.05) is 26.7 Å². The Balaban J connectivity index is 0.00000441. The number of nitrogens with zero attached hydrogens (tertiary/aromatic N) is 1. The molecule has 0 heterocycles. The standard InChI is InChI=1S/C11H16N4O5S.ClH/c1-12-8-11(16)13-6-7-14-21(19,20)10-5-3-2-4-9(10)15(17)18;/h2-5,12,14H,6-8H2,1H3,(H,13,16);1H. The van der Waals surface area contributed by atoms with E-state index in [4.69, 9.17) is 0 Å². The third-order valence-electron chi connectivity index (χ3n) is 2.43. The van der Waals surface area contributed by atoms with Crippen molar-refractivity contribution in [1.29, 1.82) is 0 Å². The van der Waals surface area contributed by atoms with Crippen molar-refractivity contribution in [2.24, 2.45) is 0 Å². The summed E-state index contributed by atoms with van der Waals surface area (Å²) in [5.41, 5.74) is -0.496. The first-order valence-corrected chi connectivity index (χ1v) is 7.51. The second kappa shape index (κ2) is 9.30. The quantitative estimate of drug-likeness (QED) is 0.332. The predicted molar refractivity (Wildman–Crippen MR) is 82.5 cm³/mol. The highest BCUT2D eigenvalue weighted by molar-refractivity contribution is 7.89. The number of carbonyl (C=O) groups excluding carboxylic acids is 1. The van der Waals surface area contributed by atoms with Crippen LogP contribution in [0.4, 0.5) is 5.69 Å². The van der Waals surface area contributed by atoms with Crippen molar-refractivity contribution in [3.05, 3.63) is 34.4 Å². The second-order valence-corrected chi connectivity index (χ2v) is 5.74. The molecule has 0 spiro atoms. The van der Waals surface area contributed by atoms with E-state index in [2.05, 4.69) is 15.4 Å². The third-order valence-corrected chi connectivity index (χ3v) is 3.94. The lowest BCUT2D eigenvalue weighted by molar-refractivity contribution is -0.387. The van der Waals surface area contributed by atoms with Gasteiger partial charge in [0.05, 0.1) is 11.5 Å². The zero-order valence-electron chi connectivity index (χ0n) is 11.7. The summed E-state index contributed by atoms with van der Waals surface area (Å²) in [5.74, 6) is -0.276. The average Bonchev–Trinajstić information content (AvgIpc) is 2.44. The molecule has 0 aromatic heterocycles. The van der Waals surface area contributed by atoms with E-state index >= 15 is 0 Å². The normalized spacial score (nSPS) is 10.6. The van der Waals surface area contributed by atoms with Crippen LogP contribution in [0.1, 0.15) is 0 Å². The van der Waals surface area contributed by atoms with E-state index in [-0.39, 0.29) is 37.9 Å². The molecule has 1 aromatic rings. The van der Waals surface area contributed by atoms with Crippen LogP contribution in [0, 0.1) is 10.1 Å². The van der Waals surface area contributed by atoms with Crippen LogP contribution in [0.25, 0.3) is 0 Å². The molecule has 0 aliphatic rings. The van der Waals surface area contributed by atoms with Gasteiger partial charge in [0.1, 0.15) is 0 Å². The van der Waals surface area contributed by atoms with Gasteiger partial charge in [-0.25, -0.2) is 13.1 Å². The fraction of sp³-hybridized carbons (Fsp3) is 0.364. The van der Waals surface area contributed by atoms with Crippen molar-refractivity contribution in [3.63, 3.8) is 0 Å². The third kappa shape index (κ3) is 5.93. The Bertz CT molecular complexity index is 623. The maximum atomic E-state index is 12.0. The summed E-state index contributed by atoms with van der Waals surface area (Å²) in [5, 5.41) is 15.9. The molecule has 0 atom stereocenters. The number of nitrogens with one attached hydrogen (secondary N) is 3. The number of carbonyl (C=O) groups is 1. The van der Waals surface area contributed by atoms with Crippen molar-refractivity contribution in [2.45, 2.75) is 4.90 Å². The first-order valence-electron chi connectivity index (χ1n) is 6.03. The van der Waals surface area contributed by atoms with Crippen LogP contribution in [-0.4, -0.2) is 45.9 Å². The maximum absolute atomic E-state index is 12.0. The zero-order chi connectivity index (χ0) is 15.9. The maximum Gasteiger partial charge on any atom is 0.289 e. The van der Waals surface area contributed by atoms with Crippen molar-refractivity contribution in [1.82, 2.24) is 15.4 Å². The van der Waals surface area contributed by atoms with Crippen LogP contribution in [0.15, 0.2) is 29.2 Å². The molecule has 0 bridgehead atoms. The van der Waals surface area contributed by atoms with Gasteiger partial charge in [-0.2, -0.15) is 0 Å². The summed E-state index contributed by atoms with van der Waals surface area (Å²) in [7, 11) is -2.40. The number of para-hydroxylation sites is 1. The molecule has 0 aliphatic carbocycles. The number of rotatable bonds is 8. The Morgan fingerprint density at radius 2 is 1.91 bits per heavy atom. The van der Waals surface area contributed by atoms with Crippen molar-refractivity contribution >= 4 is 34.0 Å². The Morgan fingerprint density at radius 1 is 1.27 bits per heavy atom. The van der Waals surface area contributed by atoms with Gasteiger partial charge in [0.2, 0.25) is 15.9 Å². The summed E-state index contributed by atoms with van der Waals surface area (Å²) in [6.45, 7) is 0.140. The van der Waals surface area contributed by atoms with Gasteiger partial charge < -0.3 is 10.6 Å². The SMILES string of the molecule is CNCC(=O)NCCNS(=O)(=O)c1ccccc1[N+](=O)[O-].Cl. The minimum atomic E-state index is -4.00. The number of hydrogen-bond acceptors (Lipinski definition) is 6.